The van der Waals surface area contributed by atoms with Crippen molar-refractivity contribution in [1.29, 1.82) is 0 Å². The van der Waals surface area contributed by atoms with Gasteiger partial charge in [-0.3, -0.25) is 14.5 Å². The zero-order valence-corrected chi connectivity index (χ0v) is 15.6. The van der Waals surface area contributed by atoms with Crippen LogP contribution in [0.2, 0.25) is 5.02 Å². The highest BCUT2D eigenvalue weighted by Crippen LogP contribution is 2.33. The number of carbonyl (C=O) groups excluding carboxylic acids is 3. The molecule has 3 aliphatic rings. The number of likely N-dealkylation sites (N-methyl/N-ethyl adjacent to an activating group) is 1. The van der Waals surface area contributed by atoms with Crippen molar-refractivity contribution in [2.24, 2.45) is 4.99 Å². The SMILES string of the molecule is COC(=O)CN1C(=O)C2C(N=C3N(c4cccc(Cl)c4)CCN32)N(C)C1=O. The number of hydrogen-bond acceptors (Lipinski definition) is 7. The van der Waals surface area contributed by atoms with E-state index >= 15 is 0 Å². The van der Waals surface area contributed by atoms with Crippen LogP contribution in [0.25, 0.3) is 0 Å². The second kappa shape index (κ2) is 6.41. The van der Waals surface area contributed by atoms with Gasteiger partial charge in [0.15, 0.2) is 12.2 Å². The molecule has 0 aromatic heterocycles. The number of imide groups is 1. The zero-order valence-electron chi connectivity index (χ0n) is 14.8. The first-order valence-corrected chi connectivity index (χ1v) is 8.82. The number of rotatable bonds is 3. The molecule has 3 aliphatic heterocycles. The first-order chi connectivity index (χ1) is 12.9. The van der Waals surface area contributed by atoms with Gasteiger partial charge in [0.2, 0.25) is 5.96 Å². The first-order valence-electron chi connectivity index (χ1n) is 8.45. The number of guanidine groups is 1. The molecule has 9 nitrogen and oxygen atoms in total. The number of benzene rings is 1. The first kappa shape index (κ1) is 17.6. The van der Waals surface area contributed by atoms with Gasteiger partial charge in [0, 0.05) is 30.8 Å². The molecule has 0 saturated carbocycles. The highest BCUT2D eigenvalue weighted by Gasteiger charge is 2.55. The number of urea groups is 1. The van der Waals surface area contributed by atoms with E-state index in [0.29, 0.717) is 24.1 Å². The van der Waals surface area contributed by atoms with Gasteiger partial charge in [-0.15, -0.1) is 0 Å². The number of nitrogens with zero attached hydrogens (tertiary/aromatic N) is 5. The molecule has 142 valence electrons. The van der Waals surface area contributed by atoms with Crippen molar-refractivity contribution in [3.8, 4) is 0 Å². The minimum Gasteiger partial charge on any atom is -0.468 e. The second-order valence-corrected chi connectivity index (χ2v) is 6.94. The molecule has 2 unspecified atom stereocenters. The van der Waals surface area contributed by atoms with Crippen molar-refractivity contribution < 1.29 is 19.1 Å². The normalized spacial score (nSPS) is 24.2. The molecule has 27 heavy (non-hydrogen) atoms. The average Bonchev–Trinajstić information content (AvgIpc) is 3.22. The van der Waals surface area contributed by atoms with Gasteiger partial charge >= 0.3 is 12.0 Å². The Morgan fingerprint density at radius 3 is 2.81 bits per heavy atom. The lowest BCUT2D eigenvalue weighted by molar-refractivity contribution is -0.148. The molecule has 2 atom stereocenters. The highest BCUT2D eigenvalue weighted by molar-refractivity contribution is 6.31. The van der Waals surface area contributed by atoms with Crippen LogP contribution in [0, 0.1) is 0 Å². The fraction of sp³-hybridized carbons (Fsp3) is 0.412. The summed E-state index contributed by atoms with van der Waals surface area (Å²) >= 11 is 6.10. The molecule has 0 aliphatic carbocycles. The van der Waals surface area contributed by atoms with E-state index in [4.69, 9.17) is 11.6 Å². The number of esters is 1. The van der Waals surface area contributed by atoms with Crippen molar-refractivity contribution in [2.75, 3.05) is 38.7 Å². The molecule has 2 fully saturated rings. The molecule has 0 N–H and O–H groups in total. The lowest BCUT2D eigenvalue weighted by atomic mass is 10.1. The Morgan fingerprint density at radius 2 is 2.11 bits per heavy atom. The molecule has 2 saturated heterocycles. The van der Waals surface area contributed by atoms with Crippen LogP contribution in [0.3, 0.4) is 0 Å². The predicted molar refractivity (Wildman–Crippen MR) is 97.4 cm³/mol. The third kappa shape index (κ3) is 2.69. The lowest BCUT2D eigenvalue weighted by Crippen LogP contribution is -2.65. The Kier molecular flexibility index (Phi) is 4.18. The minimum absolute atomic E-state index is 0.414. The van der Waals surface area contributed by atoms with Crippen molar-refractivity contribution >= 4 is 41.2 Å². The molecule has 4 rings (SSSR count). The maximum atomic E-state index is 13.0. The summed E-state index contributed by atoms with van der Waals surface area (Å²) in [7, 11) is 2.79. The van der Waals surface area contributed by atoms with E-state index < -0.39 is 36.7 Å². The summed E-state index contributed by atoms with van der Waals surface area (Å²) in [4.78, 5) is 47.9. The van der Waals surface area contributed by atoms with Gasteiger partial charge in [0.05, 0.1) is 7.11 Å². The van der Waals surface area contributed by atoms with Crippen LogP contribution in [0.15, 0.2) is 29.3 Å². The fourth-order valence-electron chi connectivity index (χ4n) is 3.66. The van der Waals surface area contributed by atoms with Gasteiger partial charge in [-0.2, -0.15) is 0 Å². The predicted octanol–water partition coefficient (Wildman–Crippen LogP) is 0.593. The quantitative estimate of drug-likeness (QED) is 0.701. The van der Waals surface area contributed by atoms with Crippen LogP contribution in [0.4, 0.5) is 10.5 Å². The molecule has 3 amide bonds. The van der Waals surface area contributed by atoms with E-state index in [1.807, 2.05) is 28.0 Å². The topological polar surface area (TPSA) is 85.8 Å². The molecule has 0 radical (unpaired) electrons. The Labute approximate surface area is 160 Å². The summed E-state index contributed by atoms with van der Waals surface area (Å²) in [6, 6.07) is 6.16. The molecular weight excluding hydrogens is 374 g/mol. The minimum atomic E-state index is -0.656. The number of anilines is 1. The van der Waals surface area contributed by atoms with Gasteiger partial charge in [-0.25, -0.2) is 9.79 Å². The summed E-state index contributed by atoms with van der Waals surface area (Å²) < 4.78 is 4.60. The number of halogens is 1. The van der Waals surface area contributed by atoms with E-state index in [1.54, 1.807) is 13.1 Å². The van der Waals surface area contributed by atoms with E-state index in [-0.39, 0.29) is 0 Å². The number of ether oxygens (including phenoxy) is 1. The Bertz CT molecular complexity index is 859. The van der Waals surface area contributed by atoms with E-state index in [9.17, 15) is 14.4 Å². The van der Waals surface area contributed by atoms with Gasteiger partial charge < -0.3 is 19.4 Å². The molecule has 0 spiro atoms. The third-order valence-electron chi connectivity index (χ3n) is 5.01. The highest BCUT2D eigenvalue weighted by atomic mass is 35.5. The third-order valence-corrected chi connectivity index (χ3v) is 5.25. The van der Waals surface area contributed by atoms with Crippen LogP contribution >= 0.6 is 11.6 Å². The van der Waals surface area contributed by atoms with Crippen molar-refractivity contribution in [3.05, 3.63) is 29.3 Å². The van der Waals surface area contributed by atoms with Crippen molar-refractivity contribution in [3.63, 3.8) is 0 Å². The molecule has 3 heterocycles. The Hall–Kier alpha value is -2.81. The molecule has 1 aromatic rings. The molecular formula is C17H18ClN5O4. The maximum absolute atomic E-state index is 13.0. The summed E-state index contributed by atoms with van der Waals surface area (Å²) in [6.45, 7) is 0.805. The van der Waals surface area contributed by atoms with Crippen LogP contribution in [0.5, 0.6) is 0 Å². The number of hydrogen-bond donors (Lipinski definition) is 0. The molecule has 10 heteroatoms. The summed E-state index contributed by atoms with van der Waals surface area (Å²) in [5, 5.41) is 0.606. The Balaban J connectivity index is 1.65. The number of carbonyl (C=O) groups is 3. The van der Waals surface area contributed by atoms with Crippen LogP contribution in [-0.2, 0) is 14.3 Å². The largest absolute Gasteiger partial charge is 0.468 e. The van der Waals surface area contributed by atoms with Crippen LogP contribution in [-0.4, -0.2) is 84.6 Å². The van der Waals surface area contributed by atoms with Crippen LogP contribution in [0.1, 0.15) is 0 Å². The molecule has 1 aromatic carbocycles. The van der Waals surface area contributed by atoms with Gasteiger partial charge in [0.25, 0.3) is 5.91 Å². The Morgan fingerprint density at radius 1 is 1.33 bits per heavy atom. The monoisotopic (exact) mass is 391 g/mol. The maximum Gasteiger partial charge on any atom is 0.328 e. The van der Waals surface area contributed by atoms with Gasteiger partial charge in [0.1, 0.15) is 6.54 Å². The standard InChI is InChI=1S/C17H18ClN5O4/c1-20-14-13(15(25)23(17(20)26)9-12(24)27-2)22-7-6-21(16(22)19-14)11-5-3-4-10(18)8-11/h3-5,8,13-14H,6-7,9H2,1-2H3. The zero-order chi connectivity index (χ0) is 19.3. The molecule has 0 bridgehead atoms. The summed E-state index contributed by atoms with van der Waals surface area (Å²) in [5.74, 6) is -0.468. The number of amides is 3. The average molecular weight is 392 g/mol. The smallest absolute Gasteiger partial charge is 0.328 e. The van der Waals surface area contributed by atoms with Gasteiger partial charge in [-0.1, -0.05) is 17.7 Å². The number of fused-ring (bicyclic) bond motifs is 3. The van der Waals surface area contributed by atoms with Crippen LogP contribution < -0.4 is 4.90 Å². The van der Waals surface area contributed by atoms with E-state index in [1.165, 1.54) is 12.0 Å². The lowest BCUT2D eigenvalue weighted by Gasteiger charge is -2.40. The van der Waals surface area contributed by atoms with Gasteiger partial charge in [-0.05, 0) is 18.2 Å². The van der Waals surface area contributed by atoms with E-state index in [0.717, 1.165) is 10.6 Å². The van der Waals surface area contributed by atoms with Crippen molar-refractivity contribution in [2.45, 2.75) is 12.2 Å². The number of aliphatic imine (C=N–C) groups is 1. The summed E-state index contributed by atoms with van der Waals surface area (Å²) in [5.41, 5.74) is 0.871. The fourth-order valence-corrected chi connectivity index (χ4v) is 3.85. The van der Waals surface area contributed by atoms with E-state index in [2.05, 4.69) is 9.73 Å². The second-order valence-electron chi connectivity index (χ2n) is 6.51. The number of methoxy groups -OCH3 is 1. The summed E-state index contributed by atoms with van der Waals surface area (Å²) in [6.07, 6.45) is -0.629. The van der Waals surface area contributed by atoms with Crippen molar-refractivity contribution in [1.82, 2.24) is 14.7 Å².